The van der Waals surface area contributed by atoms with E-state index in [9.17, 15) is 0 Å². The van der Waals surface area contributed by atoms with Crippen LogP contribution in [0, 0.1) is 0 Å². The zero-order valence-electron chi connectivity index (χ0n) is 7.83. The summed E-state index contributed by atoms with van der Waals surface area (Å²) in [5.74, 6) is 0.729. The van der Waals surface area contributed by atoms with E-state index >= 15 is 0 Å². The van der Waals surface area contributed by atoms with Crippen molar-refractivity contribution < 1.29 is 4.52 Å². The Morgan fingerprint density at radius 1 is 1.36 bits per heavy atom. The maximum Gasteiger partial charge on any atom is 0.168 e. The van der Waals surface area contributed by atoms with Crippen LogP contribution in [0.15, 0.2) is 34.9 Å². The molecule has 72 valence electrons. The van der Waals surface area contributed by atoms with E-state index in [2.05, 4.69) is 5.16 Å². The fourth-order valence-corrected chi connectivity index (χ4v) is 1.50. The number of aryl methyl sites for hydroxylation is 1. The van der Waals surface area contributed by atoms with Crippen LogP contribution in [0.2, 0.25) is 5.02 Å². The van der Waals surface area contributed by atoms with Crippen molar-refractivity contribution in [3.63, 3.8) is 0 Å². The monoisotopic (exact) mass is 207 g/mol. The molecule has 0 saturated heterocycles. The minimum absolute atomic E-state index is 0.686. The molecule has 0 N–H and O–H groups in total. The first-order valence-corrected chi connectivity index (χ1v) is 4.89. The summed E-state index contributed by atoms with van der Waals surface area (Å²) in [6.45, 7) is 2.04. The summed E-state index contributed by atoms with van der Waals surface area (Å²) in [6, 6.07) is 9.49. The minimum atomic E-state index is 0.686. The summed E-state index contributed by atoms with van der Waals surface area (Å²) in [5.41, 5.74) is 1.83. The van der Waals surface area contributed by atoms with Crippen LogP contribution in [0.25, 0.3) is 11.3 Å². The van der Waals surface area contributed by atoms with Crippen molar-refractivity contribution in [3.05, 3.63) is 41.0 Å². The van der Waals surface area contributed by atoms with Crippen LogP contribution in [0.1, 0.15) is 12.6 Å². The topological polar surface area (TPSA) is 26.0 Å². The Kier molecular flexibility index (Phi) is 2.55. The van der Waals surface area contributed by atoms with E-state index in [1.165, 1.54) is 0 Å². The fourth-order valence-electron chi connectivity index (χ4n) is 1.27. The average Bonchev–Trinajstić information content (AvgIpc) is 2.67. The summed E-state index contributed by atoms with van der Waals surface area (Å²) in [6.07, 6.45) is 0.869. The van der Waals surface area contributed by atoms with Gasteiger partial charge in [-0.15, -0.1) is 0 Å². The van der Waals surface area contributed by atoms with Gasteiger partial charge in [0, 0.05) is 11.6 Å². The van der Waals surface area contributed by atoms with Gasteiger partial charge in [0.15, 0.2) is 5.76 Å². The van der Waals surface area contributed by atoms with E-state index in [-0.39, 0.29) is 0 Å². The largest absolute Gasteiger partial charge is 0.356 e. The van der Waals surface area contributed by atoms with Crippen LogP contribution in [-0.4, -0.2) is 5.16 Å². The molecule has 3 heteroatoms. The third-order valence-corrected chi connectivity index (χ3v) is 2.39. The van der Waals surface area contributed by atoms with Crippen molar-refractivity contribution in [2.75, 3.05) is 0 Å². The Balaban J connectivity index is 2.44. The number of hydrogen-bond acceptors (Lipinski definition) is 2. The lowest BCUT2D eigenvalue weighted by molar-refractivity contribution is 0.424. The van der Waals surface area contributed by atoms with Gasteiger partial charge in [0.1, 0.15) is 0 Å². The van der Waals surface area contributed by atoms with E-state index in [1.807, 2.05) is 37.3 Å². The minimum Gasteiger partial charge on any atom is -0.356 e. The number of nitrogens with zero attached hydrogens (tertiary/aromatic N) is 1. The molecule has 0 aliphatic heterocycles. The second-order valence-electron chi connectivity index (χ2n) is 3.02. The second kappa shape index (κ2) is 3.84. The predicted molar refractivity (Wildman–Crippen MR) is 56.3 cm³/mol. The molecule has 1 aromatic heterocycles. The molecule has 0 atom stereocenters. The molecule has 2 nitrogen and oxygen atoms in total. The molecular formula is C11H10ClNO. The predicted octanol–water partition coefficient (Wildman–Crippen LogP) is 3.56. The van der Waals surface area contributed by atoms with Crippen LogP contribution in [0.4, 0.5) is 0 Å². The maximum atomic E-state index is 6.02. The Morgan fingerprint density at radius 2 is 2.14 bits per heavy atom. The van der Waals surface area contributed by atoms with Gasteiger partial charge >= 0.3 is 0 Å². The van der Waals surface area contributed by atoms with Gasteiger partial charge in [-0.05, 0) is 18.6 Å². The molecule has 0 aliphatic rings. The number of aromatic nitrogens is 1. The molecule has 0 bridgehead atoms. The van der Waals surface area contributed by atoms with Crippen LogP contribution in [0.3, 0.4) is 0 Å². The standard InChI is InChI=1S/C11H10ClNO/c1-2-8-7-11(14-13-8)9-5-3-4-6-10(9)12/h3-7H,2H2,1H3. The highest BCUT2D eigenvalue weighted by atomic mass is 35.5. The van der Waals surface area contributed by atoms with Gasteiger partial charge in [-0.2, -0.15) is 0 Å². The Hall–Kier alpha value is -1.28. The summed E-state index contributed by atoms with van der Waals surface area (Å²) in [7, 11) is 0. The van der Waals surface area contributed by atoms with Crippen LogP contribution in [-0.2, 0) is 6.42 Å². The molecule has 0 aliphatic carbocycles. The molecule has 0 fully saturated rings. The molecule has 2 rings (SSSR count). The molecule has 0 unspecified atom stereocenters. The molecule has 2 aromatic rings. The molecule has 0 radical (unpaired) electrons. The lowest BCUT2D eigenvalue weighted by atomic mass is 10.1. The zero-order chi connectivity index (χ0) is 9.97. The molecular weight excluding hydrogens is 198 g/mol. The SMILES string of the molecule is CCc1cc(-c2ccccc2Cl)on1. The van der Waals surface area contributed by atoms with E-state index in [0.717, 1.165) is 23.4 Å². The quantitative estimate of drug-likeness (QED) is 0.753. The molecule has 0 saturated carbocycles. The Bertz CT molecular complexity index is 436. The van der Waals surface area contributed by atoms with Gasteiger partial charge in [-0.25, -0.2) is 0 Å². The molecule has 0 amide bonds. The van der Waals surface area contributed by atoms with Crippen LogP contribution in [0.5, 0.6) is 0 Å². The summed E-state index contributed by atoms with van der Waals surface area (Å²) < 4.78 is 5.19. The van der Waals surface area contributed by atoms with E-state index in [1.54, 1.807) is 0 Å². The number of hydrogen-bond donors (Lipinski definition) is 0. The third-order valence-electron chi connectivity index (χ3n) is 2.06. The first-order valence-electron chi connectivity index (χ1n) is 4.51. The average molecular weight is 208 g/mol. The van der Waals surface area contributed by atoms with Gasteiger partial charge in [0.05, 0.1) is 10.7 Å². The van der Waals surface area contributed by atoms with Crippen LogP contribution < -0.4 is 0 Å². The fraction of sp³-hybridized carbons (Fsp3) is 0.182. The van der Waals surface area contributed by atoms with Crippen molar-refractivity contribution in [2.24, 2.45) is 0 Å². The molecule has 0 spiro atoms. The highest BCUT2D eigenvalue weighted by Gasteiger charge is 2.08. The smallest absolute Gasteiger partial charge is 0.168 e. The molecule has 1 heterocycles. The van der Waals surface area contributed by atoms with Crippen LogP contribution >= 0.6 is 11.6 Å². The summed E-state index contributed by atoms with van der Waals surface area (Å²) in [4.78, 5) is 0. The zero-order valence-corrected chi connectivity index (χ0v) is 8.58. The molecule has 1 aromatic carbocycles. The number of halogens is 1. The van der Waals surface area contributed by atoms with Crippen molar-refractivity contribution >= 4 is 11.6 Å². The maximum absolute atomic E-state index is 6.02. The second-order valence-corrected chi connectivity index (χ2v) is 3.42. The van der Waals surface area contributed by atoms with Crippen molar-refractivity contribution in [1.82, 2.24) is 5.16 Å². The third kappa shape index (κ3) is 1.66. The highest BCUT2D eigenvalue weighted by Crippen LogP contribution is 2.27. The number of benzene rings is 1. The first kappa shape index (κ1) is 9.28. The Morgan fingerprint density at radius 3 is 2.79 bits per heavy atom. The van der Waals surface area contributed by atoms with E-state index < -0.39 is 0 Å². The van der Waals surface area contributed by atoms with Crippen molar-refractivity contribution in [1.29, 1.82) is 0 Å². The van der Waals surface area contributed by atoms with Crippen molar-refractivity contribution in [2.45, 2.75) is 13.3 Å². The van der Waals surface area contributed by atoms with Gasteiger partial charge < -0.3 is 4.52 Å². The van der Waals surface area contributed by atoms with Gasteiger partial charge in [0.2, 0.25) is 0 Å². The van der Waals surface area contributed by atoms with E-state index in [4.69, 9.17) is 16.1 Å². The summed E-state index contributed by atoms with van der Waals surface area (Å²) in [5, 5.41) is 4.60. The normalized spacial score (nSPS) is 10.4. The lowest BCUT2D eigenvalue weighted by Crippen LogP contribution is -1.75. The van der Waals surface area contributed by atoms with Gasteiger partial charge in [0.25, 0.3) is 0 Å². The van der Waals surface area contributed by atoms with Gasteiger partial charge in [-0.3, -0.25) is 0 Å². The molecule has 14 heavy (non-hydrogen) atoms. The van der Waals surface area contributed by atoms with E-state index in [0.29, 0.717) is 5.02 Å². The number of rotatable bonds is 2. The summed E-state index contributed by atoms with van der Waals surface area (Å²) >= 11 is 6.02. The van der Waals surface area contributed by atoms with Crippen molar-refractivity contribution in [3.8, 4) is 11.3 Å². The highest BCUT2D eigenvalue weighted by molar-refractivity contribution is 6.33. The lowest BCUT2D eigenvalue weighted by Gasteiger charge is -1.96. The Labute approximate surface area is 87.5 Å². The first-order chi connectivity index (χ1) is 6.81. The van der Waals surface area contributed by atoms with Gasteiger partial charge in [-0.1, -0.05) is 35.8 Å².